The number of thiocarbonyl (C=S) groups is 1. The lowest BCUT2D eigenvalue weighted by molar-refractivity contribution is -0.121. The normalized spacial score (nSPS) is 19.3. The molecular formula is C21H22N4O2S2. The zero-order chi connectivity index (χ0) is 20.4. The second kappa shape index (κ2) is 8.51. The van der Waals surface area contributed by atoms with Crippen LogP contribution in [0.3, 0.4) is 0 Å². The van der Waals surface area contributed by atoms with Gasteiger partial charge in [-0.3, -0.25) is 18.9 Å². The number of thioether (sulfide) groups is 1. The van der Waals surface area contributed by atoms with E-state index in [1.165, 1.54) is 40.3 Å². The molecule has 0 aromatic carbocycles. The lowest BCUT2D eigenvalue weighted by Crippen LogP contribution is -2.28. The first kappa shape index (κ1) is 19.8. The summed E-state index contributed by atoms with van der Waals surface area (Å²) in [6, 6.07) is 5.73. The standard InChI is InChI=1S/C21H22N4O2S2/c1-2-11-25-20(27)16(29-21(25)28)13-15-18(22-14-8-4-3-5-9-14)23-17-10-6-7-12-24(17)19(15)26/h2,6-7,10,12-14,22H,1,3-5,8-9,11H2/b16-13-. The van der Waals surface area contributed by atoms with Gasteiger partial charge in [-0.15, -0.1) is 6.58 Å². The molecule has 2 aromatic heterocycles. The van der Waals surface area contributed by atoms with Crippen molar-refractivity contribution >= 4 is 51.7 Å². The first-order valence-electron chi connectivity index (χ1n) is 9.72. The average Bonchev–Trinajstić information content (AvgIpc) is 2.99. The Bertz CT molecular complexity index is 1070. The smallest absolute Gasteiger partial charge is 0.267 e. The van der Waals surface area contributed by atoms with Crippen LogP contribution < -0.4 is 10.9 Å². The first-order chi connectivity index (χ1) is 14.1. The van der Waals surface area contributed by atoms with Crippen LogP contribution in [-0.4, -0.2) is 37.1 Å². The number of fused-ring (bicyclic) bond motifs is 1. The number of anilines is 1. The van der Waals surface area contributed by atoms with E-state index in [0.717, 1.165) is 12.8 Å². The number of nitrogens with one attached hydrogen (secondary N) is 1. The minimum atomic E-state index is -0.207. The first-order valence-corrected chi connectivity index (χ1v) is 10.9. The van der Waals surface area contributed by atoms with Crippen LogP contribution in [0.25, 0.3) is 11.7 Å². The summed E-state index contributed by atoms with van der Waals surface area (Å²) in [6.45, 7) is 4.03. The summed E-state index contributed by atoms with van der Waals surface area (Å²) in [5.74, 6) is 0.322. The van der Waals surface area contributed by atoms with Crippen molar-refractivity contribution in [3.05, 3.63) is 57.9 Å². The number of rotatable bonds is 5. The third kappa shape index (κ3) is 4.00. The van der Waals surface area contributed by atoms with Crippen LogP contribution in [0.5, 0.6) is 0 Å². The maximum absolute atomic E-state index is 13.2. The summed E-state index contributed by atoms with van der Waals surface area (Å²) in [5, 5.41) is 3.47. The fourth-order valence-electron chi connectivity index (χ4n) is 3.70. The Balaban J connectivity index is 1.79. The number of amides is 1. The third-order valence-corrected chi connectivity index (χ3v) is 6.55. The third-order valence-electron chi connectivity index (χ3n) is 5.18. The van der Waals surface area contributed by atoms with Crippen LogP contribution in [0.4, 0.5) is 5.82 Å². The molecule has 29 heavy (non-hydrogen) atoms. The molecule has 1 aliphatic carbocycles. The molecule has 2 aliphatic rings. The maximum Gasteiger partial charge on any atom is 0.267 e. The van der Waals surface area contributed by atoms with Crippen molar-refractivity contribution in [2.75, 3.05) is 11.9 Å². The number of hydrogen-bond acceptors (Lipinski definition) is 6. The molecule has 6 nitrogen and oxygen atoms in total. The fraction of sp³-hybridized carbons (Fsp3) is 0.333. The van der Waals surface area contributed by atoms with E-state index in [1.807, 2.05) is 6.07 Å². The Morgan fingerprint density at radius 3 is 2.83 bits per heavy atom. The fourth-order valence-corrected chi connectivity index (χ4v) is 4.96. The van der Waals surface area contributed by atoms with Gasteiger partial charge in [0, 0.05) is 18.8 Å². The largest absolute Gasteiger partial charge is 0.367 e. The molecule has 0 unspecified atom stereocenters. The van der Waals surface area contributed by atoms with E-state index in [2.05, 4.69) is 11.9 Å². The molecule has 150 valence electrons. The molecule has 0 bridgehead atoms. The highest BCUT2D eigenvalue weighted by molar-refractivity contribution is 8.26. The second-order valence-electron chi connectivity index (χ2n) is 7.17. The highest BCUT2D eigenvalue weighted by atomic mass is 32.2. The van der Waals surface area contributed by atoms with Gasteiger partial charge < -0.3 is 5.32 Å². The van der Waals surface area contributed by atoms with E-state index in [0.29, 0.717) is 32.8 Å². The van der Waals surface area contributed by atoms with E-state index in [-0.39, 0.29) is 17.5 Å². The number of nitrogens with zero attached hydrogens (tertiary/aromatic N) is 3. The number of pyridine rings is 1. The van der Waals surface area contributed by atoms with Gasteiger partial charge in [0.25, 0.3) is 11.5 Å². The van der Waals surface area contributed by atoms with Gasteiger partial charge >= 0.3 is 0 Å². The Hall–Kier alpha value is -2.45. The van der Waals surface area contributed by atoms with Crippen LogP contribution >= 0.6 is 24.0 Å². The number of aromatic nitrogens is 2. The van der Waals surface area contributed by atoms with E-state index >= 15 is 0 Å². The van der Waals surface area contributed by atoms with E-state index in [4.69, 9.17) is 17.2 Å². The van der Waals surface area contributed by atoms with Crippen molar-refractivity contribution in [3.63, 3.8) is 0 Å². The molecule has 1 saturated heterocycles. The van der Waals surface area contributed by atoms with Gasteiger partial charge in [-0.1, -0.05) is 55.4 Å². The second-order valence-corrected chi connectivity index (χ2v) is 8.84. The Labute approximate surface area is 178 Å². The SMILES string of the molecule is C=CCN1C(=O)/C(=C/c2c(NC3CCCCC3)nc3ccccn3c2=O)SC1=S. The molecule has 4 rings (SSSR count). The molecule has 0 radical (unpaired) electrons. The summed E-state index contributed by atoms with van der Waals surface area (Å²) in [4.78, 5) is 32.6. The topological polar surface area (TPSA) is 66.7 Å². The van der Waals surface area contributed by atoms with Gasteiger partial charge in [0.15, 0.2) is 0 Å². The zero-order valence-corrected chi connectivity index (χ0v) is 17.6. The van der Waals surface area contributed by atoms with Crippen LogP contribution in [0.2, 0.25) is 0 Å². The highest BCUT2D eigenvalue weighted by Crippen LogP contribution is 2.33. The van der Waals surface area contributed by atoms with Crippen LogP contribution in [0.15, 0.2) is 46.8 Å². The summed E-state index contributed by atoms with van der Waals surface area (Å²) < 4.78 is 1.97. The van der Waals surface area contributed by atoms with Crippen molar-refractivity contribution in [1.82, 2.24) is 14.3 Å². The van der Waals surface area contributed by atoms with Gasteiger partial charge in [-0.2, -0.15) is 0 Å². The average molecular weight is 427 g/mol. The molecule has 1 aliphatic heterocycles. The molecule has 1 saturated carbocycles. The summed E-state index contributed by atoms with van der Waals surface area (Å²) in [5.41, 5.74) is 0.758. The van der Waals surface area contributed by atoms with Crippen molar-refractivity contribution < 1.29 is 4.79 Å². The molecule has 3 heterocycles. The van der Waals surface area contributed by atoms with Crippen molar-refractivity contribution in [2.45, 2.75) is 38.1 Å². The van der Waals surface area contributed by atoms with E-state index < -0.39 is 0 Å². The predicted molar refractivity (Wildman–Crippen MR) is 122 cm³/mol. The Morgan fingerprint density at radius 2 is 2.07 bits per heavy atom. The van der Waals surface area contributed by atoms with E-state index in [1.54, 1.807) is 30.5 Å². The summed E-state index contributed by atoms with van der Waals surface area (Å²) in [6.07, 6.45) is 10.6. The molecule has 8 heteroatoms. The van der Waals surface area contributed by atoms with Gasteiger partial charge in [0.05, 0.1) is 10.5 Å². The van der Waals surface area contributed by atoms with Gasteiger partial charge in [-0.25, -0.2) is 4.98 Å². The molecule has 1 N–H and O–H groups in total. The maximum atomic E-state index is 13.2. The van der Waals surface area contributed by atoms with Crippen molar-refractivity contribution in [2.24, 2.45) is 0 Å². The Kier molecular flexibility index (Phi) is 5.82. The molecule has 0 spiro atoms. The van der Waals surface area contributed by atoms with Gasteiger partial charge in [-0.05, 0) is 31.1 Å². The Morgan fingerprint density at radius 1 is 1.28 bits per heavy atom. The number of carbonyl (C=O) groups excluding carboxylic acids is 1. The summed E-state index contributed by atoms with van der Waals surface area (Å²) >= 11 is 6.52. The number of carbonyl (C=O) groups is 1. The minimum Gasteiger partial charge on any atom is -0.367 e. The van der Waals surface area contributed by atoms with Gasteiger partial charge in [0.2, 0.25) is 0 Å². The minimum absolute atomic E-state index is 0.206. The monoisotopic (exact) mass is 426 g/mol. The molecule has 2 aromatic rings. The van der Waals surface area contributed by atoms with Crippen molar-refractivity contribution in [1.29, 1.82) is 0 Å². The zero-order valence-electron chi connectivity index (χ0n) is 16.0. The summed E-state index contributed by atoms with van der Waals surface area (Å²) in [7, 11) is 0. The lowest BCUT2D eigenvalue weighted by Gasteiger charge is -2.24. The van der Waals surface area contributed by atoms with Crippen LogP contribution in [0, 0.1) is 0 Å². The van der Waals surface area contributed by atoms with Crippen LogP contribution in [0.1, 0.15) is 37.7 Å². The highest BCUT2D eigenvalue weighted by Gasteiger charge is 2.32. The lowest BCUT2D eigenvalue weighted by atomic mass is 9.95. The quantitative estimate of drug-likeness (QED) is 0.445. The molecule has 1 amide bonds. The molecule has 2 fully saturated rings. The van der Waals surface area contributed by atoms with E-state index in [9.17, 15) is 9.59 Å². The molecular weight excluding hydrogens is 404 g/mol. The number of hydrogen-bond donors (Lipinski definition) is 1. The van der Waals surface area contributed by atoms with Gasteiger partial charge in [0.1, 0.15) is 15.8 Å². The predicted octanol–water partition coefficient (Wildman–Crippen LogP) is 3.83. The van der Waals surface area contributed by atoms with Crippen molar-refractivity contribution in [3.8, 4) is 0 Å². The van der Waals surface area contributed by atoms with Crippen LogP contribution in [-0.2, 0) is 4.79 Å². The molecule has 0 atom stereocenters.